The van der Waals surface area contributed by atoms with Crippen molar-refractivity contribution < 1.29 is 24.3 Å². The zero-order valence-electron chi connectivity index (χ0n) is 6.84. The Morgan fingerprint density at radius 1 is 1.42 bits per heavy atom. The molecule has 0 spiro atoms. The number of aliphatic carboxylic acids is 1. The van der Waals surface area contributed by atoms with Crippen molar-refractivity contribution in [3.63, 3.8) is 0 Å². The van der Waals surface area contributed by atoms with Gasteiger partial charge < -0.3 is 10.8 Å². The van der Waals surface area contributed by atoms with Crippen LogP contribution in [0, 0.1) is 5.92 Å². The molecule has 72 valence electrons. The third-order valence-corrected chi connectivity index (χ3v) is 1.00. The molecule has 6 nitrogen and oxygen atoms in total. The van der Waals surface area contributed by atoms with Crippen LogP contribution in [0.1, 0.15) is 13.8 Å². The molecule has 1 atom stereocenters. The van der Waals surface area contributed by atoms with Crippen molar-refractivity contribution >= 4 is 14.2 Å². The van der Waals surface area contributed by atoms with Gasteiger partial charge in [0.1, 0.15) is 6.04 Å². The molecule has 0 radical (unpaired) electrons. The van der Waals surface area contributed by atoms with E-state index in [9.17, 15) is 4.79 Å². The second kappa shape index (κ2) is 7.12. The molecule has 0 aliphatic carbocycles. The van der Waals surface area contributed by atoms with Crippen molar-refractivity contribution in [1.82, 2.24) is 0 Å². The van der Waals surface area contributed by atoms with Crippen LogP contribution in [-0.2, 0) is 9.36 Å². The number of nitrogens with two attached hydrogens (primary N) is 1. The number of carboxylic acids is 1. The van der Waals surface area contributed by atoms with Crippen LogP contribution in [0.3, 0.4) is 0 Å². The van der Waals surface area contributed by atoms with Gasteiger partial charge in [-0.05, 0) is 5.92 Å². The fourth-order valence-corrected chi connectivity index (χ4v) is 0.285. The molecule has 5 N–H and O–H groups in total. The van der Waals surface area contributed by atoms with Gasteiger partial charge in [-0.3, -0.25) is 4.79 Å². The predicted molar refractivity (Wildman–Crippen MR) is 42.5 cm³/mol. The van der Waals surface area contributed by atoms with E-state index in [1.165, 1.54) is 0 Å². The molecular weight excluding hydrogens is 185 g/mol. The van der Waals surface area contributed by atoms with Crippen LogP contribution >= 0.6 is 8.25 Å². The second-order valence-corrected chi connectivity index (χ2v) is 2.87. The van der Waals surface area contributed by atoms with Gasteiger partial charge in [-0.15, -0.1) is 9.79 Å². The Kier molecular flexibility index (Phi) is 8.31. The van der Waals surface area contributed by atoms with Gasteiger partial charge in [-0.25, -0.2) is 0 Å². The summed E-state index contributed by atoms with van der Waals surface area (Å²) in [4.78, 5) is 24.3. The average molecular weight is 198 g/mol. The van der Waals surface area contributed by atoms with Crippen LogP contribution in [-0.4, -0.2) is 26.9 Å². The summed E-state index contributed by atoms with van der Waals surface area (Å²) in [7, 11) is -2.87. The van der Waals surface area contributed by atoms with E-state index in [1.54, 1.807) is 13.8 Å². The molecule has 0 saturated heterocycles. The highest BCUT2D eigenvalue weighted by atomic mass is 31.1. The molecule has 0 aromatic carbocycles. The van der Waals surface area contributed by atoms with Crippen molar-refractivity contribution in [3.8, 4) is 0 Å². The molecule has 0 saturated carbocycles. The van der Waals surface area contributed by atoms with E-state index in [0.29, 0.717) is 0 Å². The quantitative estimate of drug-likeness (QED) is 0.451. The fraction of sp³-hybridized carbons (Fsp3) is 0.800. The minimum absolute atomic E-state index is 0.0208. The van der Waals surface area contributed by atoms with Crippen molar-refractivity contribution in [2.75, 3.05) is 0 Å². The summed E-state index contributed by atoms with van der Waals surface area (Å²) in [6.07, 6.45) is 0. The molecule has 0 rings (SSSR count). The lowest BCUT2D eigenvalue weighted by Gasteiger charge is -2.07. The predicted octanol–water partition coefficient (Wildman–Crippen LogP) is -0.317. The topological polar surface area (TPSA) is 121 Å². The lowest BCUT2D eigenvalue weighted by Crippen LogP contribution is -2.34. The molecule has 7 heteroatoms. The van der Waals surface area contributed by atoms with Crippen molar-refractivity contribution in [2.24, 2.45) is 11.7 Å². The fourth-order valence-electron chi connectivity index (χ4n) is 0.285. The van der Waals surface area contributed by atoms with Gasteiger partial charge in [-0.2, -0.15) is 0 Å². The van der Waals surface area contributed by atoms with Gasteiger partial charge >= 0.3 is 14.2 Å². The summed E-state index contributed by atoms with van der Waals surface area (Å²) in [6, 6.07) is -0.713. The van der Waals surface area contributed by atoms with E-state index in [-0.39, 0.29) is 5.92 Å². The largest absolute Gasteiger partial charge is 0.692 e. The summed E-state index contributed by atoms with van der Waals surface area (Å²) in [5, 5.41) is 8.23. The Bertz CT molecular complexity index is 156. The van der Waals surface area contributed by atoms with Crippen molar-refractivity contribution in [2.45, 2.75) is 19.9 Å². The Balaban J connectivity index is 0. The van der Waals surface area contributed by atoms with Crippen LogP contribution in [0.15, 0.2) is 0 Å². The van der Waals surface area contributed by atoms with Crippen LogP contribution in [0.2, 0.25) is 0 Å². The van der Waals surface area contributed by atoms with E-state index in [2.05, 4.69) is 0 Å². The third-order valence-electron chi connectivity index (χ3n) is 1.00. The molecule has 0 heterocycles. The van der Waals surface area contributed by atoms with E-state index in [4.69, 9.17) is 25.2 Å². The molecule has 0 aliphatic heterocycles. The molecule has 0 unspecified atom stereocenters. The zero-order chi connectivity index (χ0) is 10.3. The minimum atomic E-state index is -2.87. The normalized spacial score (nSPS) is 11.5. The maximum absolute atomic E-state index is 10.0. The maximum atomic E-state index is 10.0. The van der Waals surface area contributed by atoms with Crippen molar-refractivity contribution in [1.29, 1.82) is 0 Å². The van der Waals surface area contributed by atoms with Gasteiger partial charge in [0.2, 0.25) is 0 Å². The molecule has 0 aromatic rings. The average Bonchev–Trinajstić information content (AvgIpc) is 1.84. The summed E-state index contributed by atoms with van der Waals surface area (Å²) in [5.74, 6) is -0.910. The van der Waals surface area contributed by atoms with Gasteiger partial charge in [0.15, 0.2) is 0 Å². The Morgan fingerprint density at radius 2 is 1.67 bits per heavy atom. The highest BCUT2D eigenvalue weighted by Crippen LogP contribution is 1.98. The first-order valence-corrected chi connectivity index (χ1v) is 4.29. The van der Waals surface area contributed by atoms with E-state index >= 15 is 0 Å². The minimum Gasteiger partial charge on any atom is -0.480 e. The SMILES string of the molecule is CC(C)[C@H](N)C(=O)O.O=[P+](O)O. The van der Waals surface area contributed by atoms with Crippen molar-refractivity contribution in [3.05, 3.63) is 0 Å². The van der Waals surface area contributed by atoms with Crippen LogP contribution in [0.4, 0.5) is 0 Å². The number of carboxylic acid groups (broad SMARTS) is 1. The molecule has 0 aliphatic rings. The number of carbonyl (C=O) groups is 1. The molecule has 0 fully saturated rings. The summed E-state index contributed by atoms with van der Waals surface area (Å²) >= 11 is 0. The van der Waals surface area contributed by atoms with E-state index in [0.717, 1.165) is 0 Å². The van der Waals surface area contributed by atoms with Crippen LogP contribution in [0.5, 0.6) is 0 Å². The molecular formula is C5H13NO5P+. The Morgan fingerprint density at radius 3 is 1.67 bits per heavy atom. The first kappa shape index (κ1) is 14.0. The Hall–Kier alpha value is -0.550. The first-order valence-electron chi connectivity index (χ1n) is 3.12. The third kappa shape index (κ3) is 12.2. The number of hydrogen-bond donors (Lipinski definition) is 4. The maximum Gasteiger partial charge on any atom is 0.692 e. The zero-order valence-corrected chi connectivity index (χ0v) is 7.73. The van der Waals surface area contributed by atoms with Gasteiger partial charge in [0.25, 0.3) is 0 Å². The standard InChI is InChI=1S/C5H11NO2.HO3P/c1-3(2)4(6)5(7)8;1-4(2)3/h3-4H,6H2,1-2H3,(H,7,8);(H-,1,2,3)/p+1/t4-;/m0./s1. The van der Waals surface area contributed by atoms with E-state index in [1.807, 2.05) is 0 Å². The highest BCUT2D eigenvalue weighted by molar-refractivity contribution is 7.30. The monoisotopic (exact) mass is 198 g/mol. The van der Waals surface area contributed by atoms with Gasteiger partial charge in [0, 0.05) is 4.57 Å². The van der Waals surface area contributed by atoms with Crippen LogP contribution in [0.25, 0.3) is 0 Å². The van der Waals surface area contributed by atoms with Gasteiger partial charge in [0.05, 0.1) is 0 Å². The first-order chi connectivity index (χ1) is 5.29. The summed E-state index contributed by atoms with van der Waals surface area (Å²) < 4.78 is 8.70. The Labute approximate surface area is 71.0 Å². The molecule has 12 heavy (non-hydrogen) atoms. The lowest BCUT2D eigenvalue weighted by atomic mass is 10.1. The molecule has 0 amide bonds. The van der Waals surface area contributed by atoms with Crippen LogP contribution < -0.4 is 5.73 Å². The van der Waals surface area contributed by atoms with Gasteiger partial charge in [-0.1, -0.05) is 13.8 Å². The molecule has 0 bridgehead atoms. The number of hydrogen-bond acceptors (Lipinski definition) is 3. The number of rotatable bonds is 2. The molecule has 0 aromatic heterocycles. The van der Waals surface area contributed by atoms with E-state index < -0.39 is 20.3 Å². The second-order valence-electron chi connectivity index (χ2n) is 2.36. The summed E-state index contributed by atoms with van der Waals surface area (Å²) in [5.41, 5.74) is 5.16. The smallest absolute Gasteiger partial charge is 0.480 e. The summed E-state index contributed by atoms with van der Waals surface area (Å²) in [6.45, 7) is 3.55. The highest BCUT2D eigenvalue weighted by Gasteiger charge is 2.14. The lowest BCUT2D eigenvalue weighted by molar-refractivity contribution is -0.139.